The number of halogens is 1. The smallest absolute Gasteiger partial charge is 0.219 e. The maximum atomic E-state index is 5.94. The van der Waals surface area contributed by atoms with Gasteiger partial charge in [-0.05, 0) is 51.5 Å². The largest absolute Gasteiger partial charge is 0.439 e. The highest BCUT2D eigenvalue weighted by molar-refractivity contribution is 6.30. The van der Waals surface area contributed by atoms with Crippen LogP contribution in [-0.2, 0) is 6.54 Å². The molecule has 0 unspecified atom stereocenters. The van der Waals surface area contributed by atoms with Crippen molar-refractivity contribution in [2.45, 2.75) is 39.8 Å². The summed E-state index contributed by atoms with van der Waals surface area (Å²) >= 11 is 5.94. The molecule has 0 aliphatic heterocycles. The van der Waals surface area contributed by atoms with Crippen LogP contribution in [0.5, 0.6) is 11.6 Å². The average molecular weight is 305 g/mol. The summed E-state index contributed by atoms with van der Waals surface area (Å²) in [5.74, 6) is 1.27. The highest BCUT2D eigenvalue weighted by Crippen LogP contribution is 2.23. The molecule has 2 aromatic rings. The number of nitrogens with zero attached hydrogens (tertiary/aromatic N) is 1. The van der Waals surface area contributed by atoms with E-state index in [9.17, 15) is 0 Å². The molecule has 0 saturated carbocycles. The summed E-state index contributed by atoms with van der Waals surface area (Å²) in [5, 5.41) is 4.11. The molecule has 0 spiro atoms. The van der Waals surface area contributed by atoms with Crippen LogP contribution in [0.4, 0.5) is 0 Å². The van der Waals surface area contributed by atoms with Crippen LogP contribution in [0.15, 0.2) is 36.4 Å². The lowest BCUT2D eigenvalue weighted by Crippen LogP contribution is -2.35. The van der Waals surface area contributed by atoms with E-state index < -0.39 is 0 Å². The summed E-state index contributed by atoms with van der Waals surface area (Å²) in [5.41, 5.74) is 2.22. The topological polar surface area (TPSA) is 34.1 Å². The molecular weight excluding hydrogens is 284 g/mol. The van der Waals surface area contributed by atoms with E-state index in [0.717, 1.165) is 12.2 Å². The first kappa shape index (κ1) is 15.8. The number of hydrogen-bond acceptors (Lipinski definition) is 3. The normalized spacial score (nSPS) is 11.5. The van der Waals surface area contributed by atoms with Crippen molar-refractivity contribution in [3.8, 4) is 11.6 Å². The van der Waals surface area contributed by atoms with Crippen LogP contribution in [-0.4, -0.2) is 10.5 Å². The fourth-order valence-corrected chi connectivity index (χ4v) is 2.00. The fraction of sp³-hybridized carbons (Fsp3) is 0.353. The summed E-state index contributed by atoms with van der Waals surface area (Å²) in [7, 11) is 0. The van der Waals surface area contributed by atoms with Gasteiger partial charge in [-0.1, -0.05) is 23.7 Å². The molecule has 3 nitrogen and oxygen atoms in total. The maximum Gasteiger partial charge on any atom is 0.219 e. The van der Waals surface area contributed by atoms with Gasteiger partial charge >= 0.3 is 0 Å². The minimum Gasteiger partial charge on any atom is -0.439 e. The first-order valence-electron chi connectivity index (χ1n) is 6.98. The first-order valence-corrected chi connectivity index (χ1v) is 7.36. The summed E-state index contributed by atoms with van der Waals surface area (Å²) in [6.45, 7) is 9.22. The molecule has 21 heavy (non-hydrogen) atoms. The summed E-state index contributed by atoms with van der Waals surface area (Å²) in [6.07, 6.45) is 0. The molecule has 0 bridgehead atoms. The lowest BCUT2D eigenvalue weighted by atomic mass is 10.1. The van der Waals surface area contributed by atoms with Crippen molar-refractivity contribution in [2.75, 3.05) is 0 Å². The van der Waals surface area contributed by atoms with Crippen LogP contribution in [0, 0.1) is 6.92 Å². The van der Waals surface area contributed by atoms with E-state index in [1.54, 1.807) is 6.07 Å². The molecule has 0 fully saturated rings. The summed E-state index contributed by atoms with van der Waals surface area (Å²) in [4.78, 5) is 4.49. The Morgan fingerprint density at radius 2 is 1.95 bits per heavy atom. The molecule has 1 heterocycles. The van der Waals surface area contributed by atoms with Crippen LogP contribution in [0.1, 0.15) is 32.0 Å². The Bertz CT molecular complexity index is 620. The van der Waals surface area contributed by atoms with Gasteiger partial charge in [0.15, 0.2) is 0 Å². The van der Waals surface area contributed by atoms with Crippen molar-refractivity contribution in [3.63, 3.8) is 0 Å². The number of hydrogen-bond donors (Lipinski definition) is 1. The molecule has 2 rings (SSSR count). The Balaban J connectivity index is 2.08. The lowest BCUT2D eigenvalue weighted by Gasteiger charge is -2.21. The third kappa shape index (κ3) is 5.03. The van der Waals surface area contributed by atoms with E-state index in [4.69, 9.17) is 16.3 Å². The monoisotopic (exact) mass is 304 g/mol. The summed E-state index contributed by atoms with van der Waals surface area (Å²) < 4.78 is 5.72. The number of pyridine rings is 1. The molecule has 0 aliphatic carbocycles. The van der Waals surface area contributed by atoms with Gasteiger partial charge in [0, 0.05) is 28.9 Å². The Hall–Kier alpha value is -1.58. The van der Waals surface area contributed by atoms with Gasteiger partial charge in [0.05, 0.1) is 0 Å². The molecule has 0 atom stereocenters. The average Bonchev–Trinajstić information content (AvgIpc) is 2.36. The molecular formula is C17H21ClN2O. The maximum absolute atomic E-state index is 5.94. The molecule has 1 aromatic carbocycles. The van der Waals surface area contributed by atoms with Crippen molar-refractivity contribution in [1.82, 2.24) is 10.3 Å². The molecule has 1 N–H and O–H groups in total. The second-order valence-electron chi connectivity index (χ2n) is 6.06. The number of nitrogens with one attached hydrogen (secondary N) is 1. The minimum absolute atomic E-state index is 0.0857. The van der Waals surface area contributed by atoms with Crippen molar-refractivity contribution in [3.05, 3.63) is 52.7 Å². The SMILES string of the molecule is Cc1nc(Oc2cccc(Cl)c2)ccc1CNC(C)(C)C. The van der Waals surface area contributed by atoms with Gasteiger partial charge in [0.25, 0.3) is 0 Å². The zero-order valence-corrected chi connectivity index (χ0v) is 13.7. The second kappa shape index (κ2) is 6.46. The number of ether oxygens (including phenoxy) is 1. The first-order chi connectivity index (χ1) is 9.83. The van der Waals surface area contributed by atoms with Gasteiger partial charge in [-0.3, -0.25) is 0 Å². The Morgan fingerprint density at radius 1 is 1.19 bits per heavy atom. The van der Waals surface area contributed by atoms with Gasteiger partial charge in [0.2, 0.25) is 5.88 Å². The van der Waals surface area contributed by atoms with E-state index in [1.165, 1.54) is 5.56 Å². The third-order valence-corrected chi connectivity index (χ3v) is 3.23. The van der Waals surface area contributed by atoms with Crippen molar-refractivity contribution in [1.29, 1.82) is 0 Å². The Labute approximate surface area is 131 Å². The van der Waals surface area contributed by atoms with Gasteiger partial charge < -0.3 is 10.1 Å². The fourth-order valence-electron chi connectivity index (χ4n) is 1.82. The Kier molecular flexibility index (Phi) is 4.86. The van der Waals surface area contributed by atoms with Crippen LogP contribution in [0.3, 0.4) is 0 Å². The molecule has 0 radical (unpaired) electrons. The highest BCUT2D eigenvalue weighted by atomic mass is 35.5. The standard InChI is InChI=1S/C17H21ClN2O/c1-12-13(11-19-17(2,3)4)8-9-16(20-12)21-15-7-5-6-14(18)10-15/h5-10,19H,11H2,1-4H3. The van der Waals surface area contributed by atoms with Crippen LogP contribution in [0.2, 0.25) is 5.02 Å². The highest BCUT2D eigenvalue weighted by Gasteiger charge is 2.10. The molecule has 1 aromatic heterocycles. The molecule has 4 heteroatoms. The van der Waals surface area contributed by atoms with Crippen molar-refractivity contribution in [2.24, 2.45) is 0 Å². The summed E-state index contributed by atoms with van der Waals surface area (Å²) in [6, 6.07) is 11.2. The van der Waals surface area contributed by atoms with E-state index in [-0.39, 0.29) is 5.54 Å². The van der Waals surface area contributed by atoms with E-state index >= 15 is 0 Å². The quantitative estimate of drug-likeness (QED) is 0.887. The molecule has 0 saturated heterocycles. The number of rotatable bonds is 4. The predicted octanol–water partition coefficient (Wildman–Crippen LogP) is 4.72. The van der Waals surface area contributed by atoms with Crippen LogP contribution in [0.25, 0.3) is 0 Å². The number of aromatic nitrogens is 1. The Morgan fingerprint density at radius 3 is 2.57 bits per heavy atom. The van der Waals surface area contributed by atoms with Crippen molar-refractivity contribution < 1.29 is 4.74 Å². The second-order valence-corrected chi connectivity index (χ2v) is 6.49. The third-order valence-electron chi connectivity index (χ3n) is 3.00. The zero-order valence-electron chi connectivity index (χ0n) is 12.9. The van der Waals surface area contributed by atoms with Gasteiger partial charge in [-0.15, -0.1) is 0 Å². The molecule has 0 aliphatic rings. The number of benzene rings is 1. The van der Waals surface area contributed by atoms with Crippen LogP contribution < -0.4 is 10.1 Å². The minimum atomic E-state index is 0.0857. The van der Waals surface area contributed by atoms with Gasteiger partial charge in [0.1, 0.15) is 5.75 Å². The zero-order chi connectivity index (χ0) is 15.5. The number of aryl methyl sites for hydroxylation is 1. The van der Waals surface area contributed by atoms with E-state index in [0.29, 0.717) is 16.7 Å². The van der Waals surface area contributed by atoms with Crippen LogP contribution >= 0.6 is 11.6 Å². The van der Waals surface area contributed by atoms with Crippen molar-refractivity contribution >= 4 is 11.6 Å². The van der Waals surface area contributed by atoms with E-state index in [2.05, 4.69) is 31.1 Å². The lowest BCUT2D eigenvalue weighted by molar-refractivity contribution is 0.422. The van der Waals surface area contributed by atoms with Gasteiger partial charge in [-0.2, -0.15) is 0 Å². The molecule has 112 valence electrons. The van der Waals surface area contributed by atoms with Gasteiger partial charge in [-0.25, -0.2) is 4.98 Å². The predicted molar refractivity (Wildman–Crippen MR) is 87.1 cm³/mol. The van der Waals surface area contributed by atoms with E-state index in [1.807, 2.05) is 37.3 Å². The molecule has 0 amide bonds.